The van der Waals surface area contributed by atoms with Crippen molar-refractivity contribution < 1.29 is 29.0 Å². The number of carbonyl (C=O) groups is 3. The Kier molecular flexibility index (Phi) is 6.71. The average Bonchev–Trinajstić information content (AvgIpc) is 3.35. The predicted octanol–water partition coefficient (Wildman–Crippen LogP) is 5.40. The van der Waals surface area contributed by atoms with Gasteiger partial charge in [0, 0.05) is 16.0 Å². The van der Waals surface area contributed by atoms with Crippen LogP contribution in [0.2, 0.25) is 0 Å². The first-order valence-electron chi connectivity index (χ1n) is 11.4. The summed E-state index contributed by atoms with van der Waals surface area (Å²) in [5.41, 5.74) is 1.94. The van der Waals surface area contributed by atoms with E-state index in [4.69, 9.17) is 9.47 Å². The smallest absolute Gasteiger partial charge is 0.337 e. The fourth-order valence-electron chi connectivity index (χ4n) is 4.04. The number of nitrogens with one attached hydrogen (secondary N) is 2. The number of imidazole rings is 1. The van der Waals surface area contributed by atoms with Crippen LogP contribution in [0, 0.1) is 0 Å². The Morgan fingerprint density at radius 3 is 2.16 bits per heavy atom. The van der Waals surface area contributed by atoms with Crippen molar-refractivity contribution in [2.75, 3.05) is 19.5 Å². The number of H-pyrrole nitrogens is 1. The standard InChI is InChI=1S/C28H21N3O6S/c1-36-26(34)15-11-16(27(35)37-2)13-17(12-15)29-25(33)20-14-23(18-7-3-4-8-19(18)24(20)32)38-28-30-21-9-5-6-10-22(21)31-28/h3-14,32H,1-2H3,(H,29,33)(H,30,31). The Morgan fingerprint density at radius 1 is 0.868 bits per heavy atom. The molecule has 0 fully saturated rings. The Hall–Kier alpha value is -4.83. The van der Waals surface area contributed by atoms with Gasteiger partial charge in [0.05, 0.1) is 41.9 Å². The van der Waals surface area contributed by atoms with Crippen molar-refractivity contribution in [3.05, 3.63) is 89.5 Å². The maximum atomic E-state index is 13.4. The van der Waals surface area contributed by atoms with Crippen LogP contribution in [0.3, 0.4) is 0 Å². The number of hydrogen-bond donors (Lipinski definition) is 3. The summed E-state index contributed by atoms with van der Waals surface area (Å²) >= 11 is 1.33. The van der Waals surface area contributed by atoms with Crippen LogP contribution in [-0.2, 0) is 9.47 Å². The quantitative estimate of drug-likeness (QED) is 0.250. The number of anilines is 1. The number of fused-ring (bicyclic) bond motifs is 2. The maximum absolute atomic E-state index is 13.4. The van der Waals surface area contributed by atoms with Crippen LogP contribution in [-0.4, -0.2) is 47.1 Å². The van der Waals surface area contributed by atoms with Gasteiger partial charge in [-0.15, -0.1) is 0 Å². The summed E-state index contributed by atoms with van der Waals surface area (Å²) in [6, 6.07) is 20.4. The highest BCUT2D eigenvalue weighted by Crippen LogP contribution is 2.39. The number of nitrogens with zero attached hydrogens (tertiary/aromatic N) is 1. The molecule has 0 aliphatic carbocycles. The van der Waals surface area contributed by atoms with E-state index in [2.05, 4.69) is 15.3 Å². The van der Waals surface area contributed by atoms with Crippen LogP contribution in [0.4, 0.5) is 5.69 Å². The molecule has 0 unspecified atom stereocenters. The number of aromatic amines is 1. The van der Waals surface area contributed by atoms with Gasteiger partial charge in [-0.3, -0.25) is 4.79 Å². The number of benzene rings is 4. The lowest BCUT2D eigenvalue weighted by atomic mass is 10.0. The molecule has 190 valence electrons. The molecule has 1 aromatic heterocycles. The van der Waals surface area contributed by atoms with Crippen molar-refractivity contribution in [3.8, 4) is 5.75 Å². The number of hydrogen-bond acceptors (Lipinski definition) is 8. The van der Waals surface area contributed by atoms with Crippen LogP contribution < -0.4 is 5.32 Å². The van der Waals surface area contributed by atoms with Crippen molar-refractivity contribution in [2.45, 2.75) is 10.1 Å². The molecule has 0 aliphatic rings. The Balaban J connectivity index is 1.55. The van der Waals surface area contributed by atoms with Crippen LogP contribution in [0.15, 0.2) is 82.8 Å². The van der Waals surface area contributed by atoms with Gasteiger partial charge in [0.2, 0.25) is 0 Å². The molecule has 38 heavy (non-hydrogen) atoms. The summed E-state index contributed by atoms with van der Waals surface area (Å²) in [4.78, 5) is 46.2. The van der Waals surface area contributed by atoms with Crippen molar-refractivity contribution in [1.82, 2.24) is 9.97 Å². The molecule has 1 amide bonds. The van der Waals surface area contributed by atoms with Gasteiger partial charge in [0.15, 0.2) is 5.16 Å². The zero-order valence-electron chi connectivity index (χ0n) is 20.3. The number of aromatic hydroxyl groups is 1. The van der Waals surface area contributed by atoms with Gasteiger partial charge in [-0.2, -0.15) is 0 Å². The normalized spacial score (nSPS) is 10.9. The number of methoxy groups -OCH3 is 2. The van der Waals surface area contributed by atoms with E-state index in [1.807, 2.05) is 36.4 Å². The van der Waals surface area contributed by atoms with E-state index in [0.29, 0.717) is 15.4 Å². The molecule has 0 saturated carbocycles. The van der Waals surface area contributed by atoms with E-state index in [1.54, 1.807) is 18.2 Å². The van der Waals surface area contributed by atoms with Gasteiger partial charge >= 0.3 is 11.9 Å². The number of phenolic OH excluding ortho intramolecular Hbond substituents is 1. The lowest BCUT2D eigenvalue weighted by molar-refractivity contribution is 0.0598. The first kappa shape index (κ1) is 24.8. The Labute approximate surface area is 220 Å². The molecule has 10 heteroatoms. The third-order valence-corrected chi connectivity index (χ3v) is 6.77. The van der Waals surface area contributed by atoms with Gasteiger partial charge in [0.1, 0.15) is 5.75 Å². The minimum atomic E-state index is -0.690. The number of carbonyl (C=O) groups excluding carboxylic acids is 3. The van der Waals surface area contributed by atoms with Crippen LogP contribution in [0.1, 0.15) is 31.1 Å². The van der Waals surface area contributed by atoms with Crippen LogP contribution in [0.5, 0.6) is 5.75 Å². The van der Waals surface area contributed by atoms with Crippen molar-refractivity contribution in [2.24, 2.45) is 0 Å². The molecule has 5 rings (SSSR count). The molecule has 0 spiro atoms. The fraction of sp³-hybridized carbons (Fsp3) is 0.0714. The molecule has 5 aromatic rings. The maximum Gasteiger partial charge on any atom is 0.337 e. The van der Waals surface area contributed by atoms with E-state index in [1.165, 1.54) is 44.2 Å². The summed E-state index contributed by atoms with van der Waals surface area (Å²) in [7, 11) is 2.42. The molecule has 0 atom stereocenters. The predicted molar refractivity (Wildman–Crippen MR) is 143 cm³/mol. The van der Waals surface area contributed by atoms with E-state index >= 15 is 0 Å². The Bertz CT molecular complexity index is 1660. The first-order valence-corrected chi connectivity index (χ1v) is 12.2. The van der Waals surface area contributed by atoms with E-state index < -0.39 is 17.8 Å². The third kappa shape index (κ3) is 4.76. The minimum Gasteiger partial charge on any atom is -0.506 e. The SMILES string of the molecule is COC(=O)c1cc(NC(=O)c2cc(Sc3nc4ccccc4[nH]3)c3ccccc3c2O)cc(C(=O)OC)c1. The zero-order valence-corrected chi connectivity index (χ0v) is 21.1. The second-order valence-electron chi connectivity index (χ2n) is 8.21. The Morgan fingerprint density at radius 2 is 1.50 bits per heavy atom. The number of aromatic nitrogens is 2. The van der Waals surface area contributed by atoms with E-state index in [-0.39, 0.29) is 28.1 Å². The number of rotatable bonds is 6. The van der Waals surface area contributed by atoms with Crippen molar-refractivity contribution in [1.29, 1.82) is 0 Å². The summed E-state index contributed by atoms with van der Waals surface area (Å²) in [5.74, 6) is -2.23. The molecule has 0 bridgehead atoms. The summed E-state index contributed by atoms with van der Waals surface area (Å²) in [6.07, 6.45) is 0. The molecule has 3 N–H and O–H groups in total. The number of esters is 2. The lowest BCUT2D eigenvalue weighted by Crippen LogP contribution is -2.15. The monoisotopic (exact) mass is 527 g/mol. The van der Waals surface area contributed by atoms with E-state index in [0.717, 1.165) is 16.4 Å². The molecule has 0 saturated heterocycles. The van der Waals surface area contributed by atoms with Crippen molar-refractivity contribution >= 4 is 57.1 Å². The fourth-order valence-corrected chi connectivity index (χ4v) is 5.01. The molecule has 4 aromatic carbocycles. The molecule has 9 nitrogen and oxygen atoms in total. The van der Waals surface area contributed by atoms with Gasteiger partial charge in [-0.1, -0.05) is 48.2 Å². The number of amides is 1. The van der Waals surface area contributed by atoms with Gasteiger partial charge in [0.25, 0.3) is 5.91 Å². The number of phenols is 1. The highest BCUT2D eigenvalue weighted by atomic mass is 32.2. The van der Waals surface area contributed by atoms with Gasteiger partial charge < -0.3 is 24.9 Å². The molecular weight excluding hydrogens is 506 g/mol. The molecule has 0 radical (unpaired) electrons. The third-order valence-electron chi connectivity index (χ3n) is 5.83. The van der Waals surface area contributed by atoms with E-state index in [9.17, 15) is 19.5 Å². The van der Waals surface area contributed by atoms with Crippen LogP contribution >= 0.6 is 11.8 Å². The highest BCUT2D eigenvalue weighted by Gasteiger charge is 2.20. The summed E-state index contributed by atoms with van der Waals surface area (Å²) in [6.45, 7) is 0. The largest absolute Gasteiger partial charge is 0.506 e. The number of ether oxygens (including phenoxy) is 2. The second-order valence-corrected chi connectivity index (χ2v) is 9.24. The molecule has 1 heterocycles. The van der Waals surface area contributed by atoms with Crippen molar-refractivity contribution in [3.63, 3.8) is 0 Å². The average molecular weight is 528 g/mol. The highest BCUT2D eigenvalue weighted by molar-refractivity contribution is 7.99. The first-order chi connectivity index (χ1) is 18.4. The second kappa shape index (κ2) is 10.3. The zero-order chi connectivity index (χ0) is 26.8. The lowest BCUT2D eigenvalue weighted by Gasteiger charge is -2.13. The summed E-state index contributed by atoms with van der Waals surface area (Å²) in [5, 5.41) is 15.5. The van der Waals surface area contributed by atoms with Gasteiger partial charge in [-0.25, -0.2) is 14.6 Å². The molecular formula is C28H21N3O6S. The minimum absolute atomic E-state index is 0.00500. The van der Waals surface area contributed by atoms with Gasteiger partial charge in [-0.05, 0) is 41.8 Å². The van der Waals surface area contributed by atoms with Crippen LogP contribution in [0.25, 0.3) is 21.8 Å². The molecule has 0 aliphatic heterocycles. The summed E-state index contributed by atoms with van der Waals surface area (Å²) < 4.78 is 9.51. The number of para-hydroxylation sites is 2. The topological polar surface area (TPSA) is 131 Å².